The summed E-state index contributed by atoms with van der Waals surface area (Å²) in [7, 11) is -3.16. The third kappa shape index (κ3) is 4.37. The lowest BCUT2D eigenvalue weighted by molar-refractivity contribution is -0.384. The maximum Gasteiger partial charge on any atom is 0.269 e. The molecular formula is C18H15Cl2N3O4S2. The van der Waals surface area contributed by atoms with Crippen LogP contribution in [0.1, 0.15) is 5.56 Å². The van der Waals surface area contributed by atoms with E-state index in [-0.39, 0.29) is 29.3 Å². The zero-order valence-corrected chi connectivity index (χ0v) is 18.0. The summed E-state index contributed by atoms with van der Waals surface area (Å²) >= 11 is 13.8. The summed E-state index contributed by atoms with van der Waals surface area (Å²) < 4.78 is 24.2. The number of benzene rings is 2. The van der Waals surface area contributed by atoms with Gasteiger partial charge in [0.25, 0.3) is 5.69 Å². The molecule has 2 heterocycles. The van der Waals surface area contributed by atoms with Crippen molar-refractivity contribution in [2.24, 2.45) is 4.99 Å². The number of non-ortho nitro benzene ring substituents is 1. The minimum absolute atomic E-state index is 0.0179. The molecule has 0 saturated carbocycles. The molecule has 2 atom stereocenters. The van der Waals surface area contributed by atoms with E-state index in [0.717, 1.165) is 5.56 Å². The monoisotopic (exact) mass is 471 g/mol. The van der Waals surface area contributed by atoms with Gasteiger partial charge in [-0.25, -0.2) is 8.42 Å². The van der Waals surface area contributed by atoms with E-state index in [1.165, 1.54) is 23.9 Å². The van der Waals surface area contributed by atoms with Crippen LogP contribution in [0.3, 0.4) is 0 Å². The molecule has 0 unspecified atom stereocenters. The third-order valence-corrected chi connectivity index (χ3v) is 7.92. The van der Waals surface area contributed by atoms with Gasteiger partial charge < -0.3 is 4.90 Å². The van der Waals surface area contributed by atoms with Gasteiger partial charge in [-0.1, -0.05) is 47.1 Å². The average molecular weight is 472 g/mol. The number of amidine groups is 1. The average Bonchev–Trinajstić information content (AvgIpc) is 3.10. The second kappa shape index (κ2) is 7.79. The highest BCUT2D eigenvalue weighted by atomic mass is 35.5. The van der Waals surface area contributed by atoms with E-state index in [2.05, 4.69) is 4.99 Å². The molecule has 2 aromatic carbocycles. The van der Waals surface area contributed by atoms with Crippen LogP contribution in [-0.4, -0.2) is 42.1 Å². The number of halogens is 2. The number of nitro benzene ring substituents is 1. The van der Waals surface area contributed by atoms with Gasteiger partial charge in [0.2, 0.25) is 0 Å². The molecule has 0 aliphatic carbocycles. The molecule has 2 aliphatic heterocycles. The first-order chi connectivity index (χ1) is 13.7. The van der Waals surface area contributed by atoms with Gasteiger partial charge in [-0.15, -0.1) is 0 Å². The van der Waals surface area contributed by atoms with Crippen molar-refractivity contribution in [2.75, 3.05) is 16.4 Å². The highest BCUT2D eigenvalue weighted by Gasteiger charge is 2.47. The second-order valence-corrected chi connectivity index (χ2v) is 10.8. The Hall–Kier alpha value is -1.81. The van der Waals surface area contributed by atoms with Crippen molar-refractivity contribution in [3.8, 4) is 0 Å². The smallest absolute Gasteiger partial charge is 0.269 e. The predicted octanol–water partition coefficient (Wildman–Crippen LogP) is 4.18. The van der Waals surface area contributed by atoms with E-state index in [0.29, 0.717) is 26.7 Å². The molecule has 152 valence electrons. The lowest BCUT2D eigenvalue weighted by atomic mass is 10.1. The zero-order chi connectivity index (χ0) is 20.8. The summed E-state index contributed by atoms with van der Waals surface area (Å²) in [4.78, 5) is 16.9. The number of anilines is 1. The van der Waals surface area contributed by atoms with E-state index in [1.807, 2.05) is 4.90 Å². The summed E-state index contributed by atoms with van der Waals surface area (Å²) in [5.74, 6) is 0.574. The van der Waals surface area contributed by atoms with Crippen molar-refractivity contribution in [1.82, 2.24) is 0 Å². The molecule has 1 saturated heterocycles. The van der Waals surface area contributed by atoms with E-state index in [1.54, 1.807) is 30.3 Å². The second-order valence-electron chi connectivity index (χ2n) is 6.83. The van der Waals surface area contributed by atoms with Gasteiger partial charge in [-0.3, -0.25) is 15.1 Å². The van der Waals surface area contributed by atoms with Gasteiger partial charge in [-0.05, 0) is 23.8 Å². The first kappa shape index (κ1) is 20.5. The Morgan fingerprint density at radius 1 is 1.14 bits per heavy atom. The molecule has 0 spiro atoms. The topological polar surface area (TPSA) is 92.9 Å². The fourth-order valence-corrected chi connectivity index (χ4v) is 6.91. The molecule has 7 nitrogen and oxygen atoms in total. The number of fused-ring (bicyclic) bond motifs is 1. The summed E-state index contributed by atoms with van der Waals surface area (Å²) in [6, 6.07) is 10.8. The van der Waals surface area contributed by atoms with Crippen LogP contribution in [-0.2, 0) is 15.6 Å². The van der Waals surface area contributed by atoms with Crippen LogP contribution >= 0.6 is 35.0 Å². The number of sulfone groups is 1. The molecule has 4 rings (SSSR count). The Kier molecular flexibility index (Phi) is 5.50. The normalized spacial score (nSPS) is 22.4. The fourth-order valence-electron chi connectivity index (χ4n) is 3.48. The molecule has 1 fully saturated rings. The summed E-state index contributed by atoms with van der Waals surface area (Å²) in [6.45, 7) is 0. The van der Waals surface area contributed by atoms with E-state index < -0.39 is 14.8 Å². The first-order valence-electron chi connectivity index (χ1n) is 8.61. The molecule has 0 aromatic heterocycles. The molecule has 0 N–H and O–H groups in total. The molecule has 2 aromatic rings. The Morgan fingerprint density at radius 2 is 1.79 bits per heavy atom. The van der Waals surface area contributed by atoms with Crippen LogP contribution < -0.4 is 4.90 Å². The number of rotatable bonds is 4. The lowest BCUT2D eigenvalue weighted by Crippen LogP contribution is -2.39. The minimum atomic E-state index is -3.16. The predicted molar refractivity (Wildman–Crippen MR) is 117 cm³/mol. The molecule has 0 amide bonds. The van der Waals surface area contributed by atoms with Crippen molar-refractivity contribution in [1.29, 1.82) is 0 Å². The highest BCUT2D eigenvalue weighted by molar-refractivity contribution is 8.13. The van der Waals surface area contributed by atoms with Gasteiger partial charge in [0.15, 0.2) is 15.0 Å². The number of nitro groups is 1. The van der Waals surface area contributed by atoms with Gasteiger partial charge in [0, 0.05) is 33.6 Å². The number of hydrogen-bond acceptors (Lipinski definition) is 7. The van der Waals surface area contributed by atoms with Gasteiger partial charge in [0.05, 0.1) is 28.5 Å². The van der Waals surface area contributed by atoms with Crippen LogP contribution in [0.5, 0.6) is 0 Å². The SMILES string of the molecule is O=[N+]([O-])c1ccc(CSC2=N[C@@H]3CS(=O)(=O)C[C@@H]3N2c2cc(Cl)cc(Cl)c2)cc1. The zero-order valence-electron chi connectivity index (χ0n) is 14.9. The number of hydrogen-bond donors (Lipinski definition) is 0. The first-order valence-corrected chi connectivity index (χ1v) is 12.2. The van der Waals surface area contributed by atoms with Gasteiger partial charge >= 0.3 is 0 Å². The molecule has 0 bridgehead atoms. The van der Waals surface area contributed by atoms with Crippen molar-refractivity contribution in [3.05, 3.63) is 68.2 Å². The van der Waals surface area contributed by atoms with E-state index >= 15 is 0 Å². The minimum Gasteiger partial charge on any atom is -0.315 e. The molecule has 2 aliphatic rings. The summed E-state index contributed by atoms with van der Waals surface area (Å²) in [5.41, 5.74) is 1.63. The standard InChI is InChI=1S/C18H15Cl2N3O4S2/c19-12-5-13(20)7-15(6-12)22-17-10-29(26,27)9-16(17)21-18(22)28-8-11-1-3-14(4-2-11)23(24)25/h1-7,16-17H,8-10H2/t16-,17+/m1/s1. The van der Waals surface area contributed by atoms with Crippen molar-refractivity contribution in [2.45, 2.75) is 17.8 Å². The number of thioether (sulfide) groups is 1. The Bertz CT molecular complexity index is 1090. The molecule has 0 radical (unpaired) electrons. The summed E-state index contributed by atoms with van der Waals surface area (Å²) in [5, 5.41) is 12.4. The third-order valence-electron chi connectivity index (χ3n) is 4.75. The van der Waals surface area contributed by atoms with Crippen LogP contribution in [0.15, 0.2) is 47.5 Å². The highest BCUT2D eigenvalue weighted by Crippen LogP contribution is 2.38. The summed E-state index contributed by atoms with van der Waals surface area (Å²) in [6.07, 6.45) is 0. The van der Waals surface area contributed by atoms with Crippen LogP contribution in [0.2, 0.25) is 10.0 Å². The maximum atomic E-state index is 12.1. The molecule has 11 heteroatoms. The Morgan fingerprint density at radius 3 is 2.41 bits per heavy atom. The van der Waals surface area contributed by atoms with Gasteiger partial charge in [0.1, 0.15) is 0 Å². The lowest BCUT2D eigenvalue weighted by Gasteiger charge is -2.27. The van der Waals surface area contributed by atoms with Crippen molar-refractivity contribution < 1.29 is 13.3 Å². The van der Waals surface area contributed by atoms with E-state index in [4.69, 9.17) is 23.2 Å². The van der Waals surface area contributed by atoms with E-state index in [9.17, 15) is 18.5 Å². The molecule has 29 heavy (non-hydrogen) atoms. The van der Waals surface area contributed by atoms with Crippen LogP contribution in [0.25, 0.3) is 0 Å². The maximum absolute atomic E-state index is 12.1. The van der Waals surface area contributed by atoms with Gasteiger partial charge in [-0.2, -0.15) is 0 Å². The fraction of sp³-hybridized carbons (Fsp3) is 0.278. The molecular weight excluding hydrogens is 457 g/mol. The number of aliphatic imine (C=N–C) groups is 1. The van der Waals surface area contributed by atoms with Crippen molar-refractivity contribution in [3.63, 3.8) is 0 Å². The number of nitrogens with zero attached hydrogens (tertiary/aromatic N) is 3. The Balaban J connectivity index is 1.60. The van der Waals surface area contributed by atoms with Crippen LogP contribution in [0, 0.1) is 10.1 Å². The van der Waals surface area contributed by atoms with Crippen LogP contribution in [0.4, 0.5) is 11.4 Å². The quantitative estimate of drug-likeness (QED) is 0.490. The van der Waals surface area contributed by atoms with Crippen molar-refractivity contribution >= 4 is 61.3 Å². The largest absolute Gasteiger partial charge is 0.315 e. The Labute approximate surface area is 181 Å².